The molecule has 0 aliphatic rings. The van der Waals surface area contributed by atoms with Crippen LogP contribution in [0, 0.1) is 0 Å². The molecule has 0 atom stereocenters. The third-order valence-corrected chi connectivity index (χ3v) is 11.4. The van der Waals surface area contributed by atoms with E-state index in [2.05, 4.69) is 30.8 Å². The first kappa shape index (κ1) is 49.3. The predicted molar refractivity (Wildman–Crippen MR) is 245 cm³/mol. The average molecular weight is 982 g/mol. The van der Waals surface area contributed by atoms with Gasteiger partial charge in [-0.3, -0.25) is 9.11 Å². The van der Waals surface area contributed by atoms with Crippen LogP contribution >= 0.6 is 23.2 Å². The van der Waals surface area contributed by atoms with Crippen molar-refractivity contribution in [2.45, 2.75) is 37.3 Å². The van der Waals surface area contributed by atoms with Gasteiger partial charge in [0.1, 0.15) is 57.5 Å². The lowest BCUT2D eigenvalue weighted by Gasteiger charge is -2.15. The van der Waals surface area contributed by atoms with Crippen molar-refractivity contribution in [2.24, 2.45) is 20.5 Å². The molecule has 0 radical (unpaired) electrons. The summed E-state index contributed by atoms with van der Waals surface area (Å²) in [7, 11) is -7.88. The molecule has 0 unspecified atom stereocenters. The maximum atomic E-state index is 12.0. The number of rotatable bonds is 22. The van der Waals surface area contributed by atoms with E-state index in [1.54, 1.807) is 36.4 Å². The van der Waals surface area contributed by atoms with Crippen LogP contribution in [0.1, 0.15) is 40.3 Å². The van der Waals surface area contributed by atoms with E-state index in [1.165, 1.54) is 31.4 Å². The van der Waals surface area contributed by atoms with Crippen molar-refractivity contribution in [3.8, 4) is 17.2 Å². The van der Waals surface area contributed by atoms with E-state index in [4.69, 9.17) is 47.4 Å². The Kier molecular flexibility index (Phi) is 17.0. The normalized spacial score (nSPS) is 11.9. The number of methoxy groups -OCH3 is 1. The number of azo groups is 2. The van der Waals surface area contributed by atoms with Crippen molar-refractivity contribution in [2.75, 3.05) is 38.0 Å². The van der Waals surface area contributed by atoms with Crippen LogP contribution in [-0.2, 0) is 46.2 Å². The number of halogens is 2. The molecular weight excluding hydrogens is 940 g/mol. The Hall–Kier alpha value is -6.17. The number of benzene rings is 5. The molecule has 6 aromatic rings. The highest BCUT2D eigenvalue weighted by molar-refractivity contribution is 7.86. The van der Waals surface area contributed by atoms with Gasteiger partial charge in [0.15, 0.2) is 0 Å². The van der Waals surface area contributed by atoms with Crippen molar-refractivity contribution in [3.63, 3.8) is 0 Å². The second-order valence-corrected chi connectivity index (χ2v) is 17.9. The SMILES string of the molecule is COc1ccc(N=Nc2cc(OCCS(=O)(=O)O)c(Cc3nc(Cc4cc(Cl)c(N=Nc5ccc(CO)cc5)cc4OCCCO)nc(NCc4ccccc4)n3)cc2Cl)cc1S(=O)(=O)O. The topological polar surface area (TPSA) is 277 Å². The van der Waals surface area contributed by atoms with E-state index in [9.17, 15) is 36.2 Å². The molecule has 1 heterocycles. The van der Waals surface area contributed by atoms with Crippen molar-refractivity contribution in [1.82, 2.24) is 15.0 Å². The summed E-state index contributed by atoms with van der Waals surface area (Å²) in [4.78, 5) is 13.6. The fourth-order valence-corrected chi connectivity index (χ4v) is 7.43. The molecule has 66 heavy (non-hydrogen) atoms. The quantitative estimate of drug-likeness (QED) is 0.0242. The number of anilines is 1. The summed E-state index contributed by atoms with van der Waals surface area (Å²) in [5.74, 6) is 0.305. The number of aromatic nitrogens is 3. The number of hydrogen-bond donors (Lipinski definition) is 5. The zero-order chi connectivity index (χ0) is 47.3. The molecule has 5 N–H and O–H groups in total. The van der Waals surface area contributed by atoms with E-state index < -0.39 is 37.5 Å². The molecule has 0 spiro atoms. The molecule has 0 fully saturated rings. The van der Waals surface area contributed by atoms with Crippen LogP contribution < -0.4 is 19.5 Å². The summed E-state index contributed by atoms with van der Waals surface area (Å²) < 4.78 is 83.2. The molecule has 0 amide bonds. The van der Waals surface area contributed by atoms with Crippen LogP contribution in [0.5, 0.6) is 17.2 Å². The van der Waals surface area contributed by atoms with Gasteiger partial charge in [-0.15, -0.1) is 10.2 Å². The van der Waals surface area contributed by atoms with E-state index in [1.807, 2.05) is 30.3 Å². The lowest BCUT2D eigenvalue weighted by Crippen LogP contribution is -2.14. The molecule has 0 saturated heterocycles. The summed E-state index contributed by atoms with van der Waals surface area (Å²) >= 11 is 13.5. The second-order valence-electron chi connectivity index (χ2n) is 14.1. The summed E-state index contributed by atoms with van der Waals surface area (Å²) in [5.41, 5.74) is 3.48. The van der Waals surface area contributed by atoms with Gasteiger partial charge in [0.25, 0.3) is 20.2 Å². The molecule has 5 aromatic carbocycles. The molecule has 0 aliphatic carbocycles. The lowest BCUT2D eigenvalue weighted by atomic mass is 10.1. The van der Waals surface area contributed by atoms with Crippen LogP contribution in [0.15, 0.2) is 122 Å². The first-order valence-electron chi connectivity index (χ1n) is 19.8. The molecule has 23 heteroatoms. The molecule has 0 saturated carbocycles. The van der Waals surface area contributed by atoms with E-state index in [0.29, 0.717) is 46.8 Å². The molecular formula is C43H42Cl2N8O11S2. The smallest absolute Gasteiger partial charge is 0.298 e. The van der Waals surface area contributed by atoms with Crippen molar-refractivity contribution in [1.29, 1.82) is 0 Å². The Morgan fingerprint density at radius 2 is 1.23 bits per heavy atom. The summed E-state index contributed by atoms with van der Waals surface area (Å²) in [6.07, 6.45) is 0.364. The fraction of sp³-hybridized carbons (Fsp3) is 0.233. The minimum Gasteiger partial charge on any atom is -0.495 e. The third kappa shape index (κ3) is 14.4. The Labute approximate surface area is 389 Å². The predicted octanol–water partition coefficient (Wildman–Crippen LogP) is 8.58. The Morgan fingerprint density at radius 3 is 1.77 bits per heavy atom. The third-order valence-electron chi connectivity index (χ3n) is 9.23. The lowest BCUT2D eigenvalue weighted by molar-refractivity contribution is 0.232. The van der Waals surface area contributed by atoms with Crippen molar-refractivity contribution < 1.29 is 50.4 Å². The maximum absolute atomic E-state index is 12.0. The van der Waals surface area contributed by atoms with Gasteiger partial charge in [-0.2, -0.15) is 37.0 Å². The molecule has 19 nitrogen and oxygen atoms in total. The van der Waals surface area contributed by atoms with Gasteiger partial charge in [-0.05, 0) is 53.6 Å². The Balaban J connectivity index is 1.37. The molecule has 346 valence electrons. The minimum atomic E-state index is -4.69. The van der Waals surface area contributed by atoms with Crippen molar-refractivity contribution in [3.05, 3.63) is 141 Å². The summed E-state index contributed by atoms with van der Waals surface area (Å²) in [5, 5.41) is 39.2. The second kappa shape index (κ2) is 22.8. The first-order valence-corrected chi connectivity index (χ1v) is 23.6. The van der Waals surface area contributed by atoms with Gasteiger partial charge < -0.3 is 29.7 Å². The van der Waals surface area contributed by atoms with Gasteiger partial charge >= 0.3 is 0 Å². The Bertz CT molecular complexity index is 2930. The highest BCUT2D eigenvalue weighted by Crippen LogP contribution is 2.38. The van der Waals surface area contributed by atoms with Crippen LogP contribution in [0.2, 0.25) is 10.0 Å². The van der Waals surface area contributed by atoms with Crippen LogP contribution in [0.4, 0.5) is 28.7 Å². The van der Waals surface area contributed by atoms with Crippen LogP contribution in [-0.4, -0.2) is 83.8 Å². The number of aliphatic hydroxyl groups is 2. The molecule has 0 bridgehead atoms. The van der Waals surface area contributed by atoms with Gasteiger partial charge in [0.2, 0.25) is 5.95 Å². The van der Waals surface area contributed by atoms with E-state index >= 15 is 0 Å². The number of aliphatic hydroxyl groups excluding tert-OH is 2. The highest BCUT2D eigenvalue weighted by atomic mass is 35.5. The number of ether oxygens (including phenoxy) is 3. The van der Waals surface area contributed by atoms with Crippen molar-refractivity contribution >= 4 is 72.1 Å². The van der Waals surface area contributed by atoms with E-state index in [0.717, 1.165) is 11.6 Å². The molecule has 0 aliphatic heterocycles. The first-order chi connectivity index (χ1) is 31.6. The van der Waals surface area contributed by atoms with Gasteiger partial charge in [-0.1, -0.05) is 65.7 Å². The zero-order valence-corrected chi connectivity index (χ0v) is 38.1. The number of hydrogen-bond acceptors (Lipinski definition) is 17. The van der Waals surface area contributed by atoms with Gasteiger partial charge in [0, 0.05) is 55.7 Å². The number of nitrogens with zero attached hydrogens (tertiary/aromatic N) is 7. The fourth-order valence-electron chi connectivity index (χ4n) is 6.01. The van der Waals surface area contributed by atoms with E-state index in [-0.39, 0.29) is 83.2 Å². The van der Waals surface area contributed by atoms with Crippen LogP contribution in [0.3, 0.4) is 0 Å². The zero-order valence-electron chi connectivity index (χ0n) is 35.0. The van der Waals surface area contributed by atoms with Gasteiger partial charge in [-0.25, -0.2) is 4.98 Å². The number of nitrogens with one attached hydrogen (secondary N) is 1. The molecule has 6 rings (SSSR count). The Morgan fingerprint density at radius 1 is 0.652 bits per heavy atom. The van der Waals surface area contributed by atoms with Crippen LogP contribution in [0.25, 0.3) is 0 Å². The monoisotopic (exact) mass is 980 g/mol. The summed E-state index contributed by atoms with van der Waals surface area (Å²) in [6, 6.07) is 26.2. The minimum absolute atomic E-state index is 0.0121. The maximum Gasteiger partial charge on any atom is 0.298 e. The standard InChI is InChI=1S/C43H42Cl2N8O11S2/c1-62-37-13-12-32(22-40(37)66(59,60)61)51-53-36-24-39(64-16-17-65(56,57)58)30(19-34(36)45)21-42-47-41(48-43(49-42)46-25-27-6-3-2-4-7-27)20-29-18-33(44)35(23-38(29)63-15-5-14-54)52-50-31-10-8-28(26-55)9-11-31/h2-4,6-13,18-19,22-24,54-55H,5,14-17,20-21,25-26H2,1H3,(H,56,57,58)(H,59,60,61)(H,46,47,48,49). The highest BCUT2D eigenvalue weighted by Gasteiger charge is 2.20. The summed E-state index contributed by atoms with van der Waals surface area (Å²) in [6.45, 7) is -0.181. The van der Waals surface area contributed by atoms with Gasteiger partial charge in [0.05, 0.1) is 41.7 Å². The largest absolute Gasteiger partial charge is 0.495 e. The average Bonchev–Trinajstić information content (AvgIpc) is 3.28. The molecule has 1 aromatic heterocycles.